The zero-order chi connectivity index (χ0) is 17.3. The van der Waals surface area contributed by atoms with E-state index in [4.69, 9.17) is 0 Å². The molecule has 0 radical (unpaired) electrons. The van der Waals surface area contributed by atoms with Crippen LogP contribution in [0.25, 0.3) is 0 Å². The fourth-order valence-corrected chi connectivity index (χ4v) is 3.83. The topological polar surface area (TPSA) is 77.6 Å². The van der Waals surface area contributed by atoms with Gasteiger partial charge in [-0.15, -0.1) is 10.2 Å². The summed E-state index contributed by atoms with van der Waals surface area (Å²) >= 11 is 1.47. The van der Waals surface area contributed by atoms with Crippen LogP contribution in [0.2, 0.25) is 0 Å². The highest BCUT2D eigenvalue weighted by Gasteiger charge is 2.22. The first-order chi connectivity index (χ1) is 11.5. The van der Waals surface area contributed by atoms with Crippen LogP contribution in [0.3, 0.4) is 0 Å². The van der Waals surface area contributed by atoms with Crippen molar-refractivity contribution in [3.05, 3.63) is 17.2 Å². The molecule has 1 aliphatic heterocycles. The van der Waals surface area contributed by atoms with Crippen LogP contribution in [0, 0.1) is 13.8 Å². The van der Waals surface area contributed by atoms with Gasteiger partial charge in [-0.05, 0) is 33.6 Å². The van der Waals surface area contributed by atoms with Crippen molar-refractivity contribution in [1.29, 1.82) is 0 Å². The number of hydrogen-bond donors (Lipinski definition) is 1. The molecule has 2 aromatic rings. The summed E-state index contributed by atoms with van der Waals surface area (Å²) in [7, 11) is 1.88. The van der Waals surface area contributed by atoms with Crippen molar-refractivity contribution in [3.63, 3.8) is 0 Å². The number of amides is 1. The van der Waals surface area contributed by atoms with Crippen molar-refractivity contribution in [2.24, 2.45) is 7.05 Å². The van der Waals surface area contributed by atoms with E-state index in [2.05, 4.69) is 25.2 Å². The van der Waals surface area contributed by atoms with Gasteiger partial charge in [-0.2, -0.15) is 5.10 Å². The van der Waals surface area contributed by atoms with Gasteiger partial charge in [0.15, 0.2) is 5.16 Å². The quantitative estimate of drug-likeness (QED) is 0.859. The maximum Gasteiger partial charge on any atom is 0.237 e. The van der Waals surface area contributed by atoms with Gasteiger partial charge in [-0.3, -0.25) is 9.48 Å². The smallest absolute Gasteiger partial charge is 0.237 e. The number of hydrogen-bond acceptors (Lipinski definition) is 5. The molecule has 3 heterocycles. The predicted octanol–water partition coefficient (Wildman–Crippen LogP) is 2.47. The highest BCUT2D eigenvalue weighted by atomic mass is 32.2. The van der Waals surface area contributed by atoms with E-state index in [0.29, 0.717) is 0 Å². The Morgan fingerprint density at radius 3 is 2.75 bits per heavy atom. The molecule has 3 rings (SSSR count). The Labute approximate surface area is 146 Å². The second-order valence-electron chi connectivity index (χ2n) is 6.28. The summed E-state index contributed by atoms with van der Waals surface area (Å²) in [5.74, 6) is 1.01. The molecular formula is C16H24N6OS. The molecule has 24 heavy (non-hydrogen) atoms. The number of thioether (sulfide) groups is 1. The molecule has 0 spiro atoms. The molecule has 0 bridgehead atoms. The van der Waals surface area contributed by atoms with Crippen molar-refractivity contribution >= 4 is 23.4 Å². The van der Waals surface area contributed by atoms with Gasteiger partial charge < -0.3 is 9.88 Å². The van der Waals surface area contributed by atoms with E-state index in [1.54, 1.807) is 4.68 Å². The first kappa shape index (κ1) is 17.0. The number of carbonyl (C=O) groups excluding carboxylic acids is 1. The predicted molar refractivity (Wildman–Crippen MR) is 94.2 cm³/mol. The van der Waals surface area contributed by atoms with Crippen molar-refractivity contribution in [2.75, 3.05) is 5.32 Å². The zero-order valence-corrected chi connectivity index (χ0v) is 15.5. The lowest BCUT2D eigenvalue weighted by Gasteiger charge is -2.13. The number of nitrogens with one attached hydrogen (secondary N) is 1. The summed E-state index contributed by atoms with van der Waals surface area (Å²) in [5, 5.41) is 16.5. The number of anilines is 1. The molecule has 8 heteroatoms. The van der Waals surface area contributed by atoms with Gasteiger partial charge in [0.1, 0.15) is 5.82 Å². The van der Waals surface area contributed by atoms with E-state index in [-0.39, 0.29) is 11.2 Å². The number of aromatic nitrogens is 5. The monoisotopic (exact) mass is 348 g/mol. The van der Waals surface area contributed by atoms with Crippen molar-refractivity contribution < 1.29 is 4.79 Å². The highest BCUT2D eigenvalue weighted by molar-refractivity contribution is 8.00. The van der Waals surface area contributed by atoms with Gasteiger partial charge in [0, 0.05) is 20.0 Å². The molecule has 1 atom stereocenters. The summed E-state index contributed by atoms with van der Waals surface area (Å²) in [4.78, 5) is 12.6. The molecule has 0 aliphatic carbocycles. The van der Waals surface area contributed by atoms with Gasteiger partial charge in [0.05, 0.1) is 22.3 Å². The third-order valence-electron chi connectivity index (χ3n) is 4.48. The Morgan fingerprint density at radius 2 is 2.04 bits per heavy atom. The van der Waals surface area contributed by atoms with Gasteiger partial charge >= 0.3 is 0 Å². The summed E-state index contributed by atoms with van der Waals surface area (Å²) in [6.07, 6.45) is 4.51. The van der Waals surface area contributed by atoms with Gasteiger partial charge in [-0.25, -0.2) is 0 Å². The Balaban J connectivity index is 1.70. The molecule has 1 N–H and O–H groups in total. The highest BCUT2D eigenvalue weighted by Crippen LogP contribution is 2.27. The van der Waals surface area contributed by atoms with E-state index in [9.17, 15) is 4.79 Å². The van der Waals surface area contributed by atoms with Crippen LogP contribution in [-0.2, 0) is 24.8 Å². The van der Waals surface area contributed by atoms with E-state index in [1.165, 1.54) is 24.6 Å². The number of carbonyl (C=O) groups is 1. The molecule has 2 aromatic heterocycles. The van der Waals surface area contributed by atoms with Gasteiger partial charge in [0.25, 0.3) is 0 Å². The fourth-order valence-electron chi connectivity index (χ4n) is 2.94. The largest absolute Gasteiger partial charge is 0.322 e. The average molecular weight is 348 g/mol. The molecule has 0 fully saturated rings. The molecule has 0 aromatic carbocycles. The maximum atomic E-state index is 12.6. The standard InChI is InChI=1S/C16H24N6OS/c1-10-14(11(2)21(4)20-10)17-15(23)12(3)24-16-19-18-13-8-6-5-7-9-22(13)16/h12H,5-9H2,1-4H3,(H,17,23). The molecular weight excluding hydrogens is 324 g/mol. The number of nitrogens with zero attached hydrogens (tertiary/aromatic N) is 5. The second kappa shape index (κ2) is 6.96. The lowest BCUT2D eigenvalue weighted by Crippen LogP contribution is -2.23. The second-order valence-corrected chi connectivity index (χ2v) is 7.59. The molecule has 1 amide bonds. The minimum absolute atomic E-state index is 0.0369. The van der Waals surface area contributed by atoms with E-state index >= 15 is 0 Å². The average Bonchev–Trinajstić information content (AvgIpc) is 2.91. The Kier molecular flexibility index (Phi) is 4.93. The third kappa shape index (κ3) is 3.33. The van der Waals surface area contributed by atoms with Crippen LogP contribution in [0.1, 0.15) is 43.4 Å². The summed E-state index contributed by atoms with van der Waals surface area (Å²) in [6.45, 7) is 6.70. The molecule has 0 saturated carbocycles. The van der Waals surface area contributed by atoms with Crippen LogP contribution < -0.4 is 5.32 Å². The molecule has 130 valence electrons. The lowest BCUT2D eigenvalue weighted by molar-refractivity contribution is -0.115. The summed E-state index contributed by atoms with van der Waals surface area (Å²) in [6, 6.07) is 0. The molecule has 0 saturated heterocycles. The Hall–Kier alpha value is -1.83. The minimum atomic E-state index is -0.249. The van der Waals surface area contributed by atoms with Crippen molar-refractivity contribution in [3.8, 4) is 0 Å². The van der Waals surface area contributed by atoms with E-state index in [1.807, 2.05) is 27.8 Å². The Bertz CT molecular complexity index is 750. The van der Waals surface area contributed by atoms with Gasteiger partial charge in [-0.1, -0.05) is 18.2 Å². The normalized spacial score (nSPS) is 15.7. The summed E-state index contributed by atoms with van der Waals surface area (Å²) < 4.78 is 3.95. The minimum Gasteiger partial charge on any atom is -0.322 e. The maximum absolute atomic E-state index is 12.6. The van der Waals surface area contributed by atoms with Crippen LogP contribution in [0.4, 0.5) is 5.69 Å². The lowest BCUT2D eigenvalue weighted by atomic mass is 10.2. The van der Waals surface area contributed by atoms with Crippen LogP contribution in [0.15, 0.2) is 5.16 Å². The van der Waals surface area contributed by atoms with Gasteiger partial charge in [0.2, 0.25) is 5.91 Å². The van der Waals surface area contributed by atoms with Crippen molar-refractivity contribution in [1.82, 2.24) is 24.5 Å². The molecule has 1 unspecified atom stereocenters. The zero-order valence-electron chi connectivity index (χ0n) is 14.7. The number of fused-ring (bicyclic) bond motifs is 1. The molecule has 1 aliphatic rings. The first-order valence-electron chi connectivity index (χ1n) is 8.37. The van der Waals surface area contributed by atoms with E-state index < -0.39 is 0 Å². The SMILES string of the molecule is Cc1nn(C)c(C)c1NC(=O)C(C)Sc1nnc2n1CCCCC2. The third-order valence-corrected chi connectivity index (χ3v) is 5.56. The number of aryl methyl sites for hydroxylation is 3. The van der Waals surface area contributed by atoms with Crippen LogP contribution >= 0.6 is 11.8 Å². The fraction of sp³-hybridized carbons (Fsp3) is 0.625. The van der Waals surface area contributed by atoms with E-state index in [0.717, 1.165) is 47.4 Å². The first-order valence-corrected chi connectivity index (χ1v) is 9.25. The van der Waals surface area contributed by atoms with Crippen LogP contribution in [-0.4, -0.2) is 35.7 Å². The number of rotatable bonds is 4. The van der Waals surface area contributed by atoms with Crippen LogP contribution in [0.5, 0.6) is 0 Å². The van der Waals surface area contributed by atoms with Crippen molar-refractivity contribution in [2.45, 2.75) is 63.4 Å². The molecule has 7 nitrogen and oxygen atoms in total. The Morgan fingerprint density at radius 1 is 1.25 bits per heavy atom. The summed E-state index contributed by atoms with van der Waals surface area (Å²) in [5.41, 5.74) is 2.58.